The summed E-state index contributed by atoms with van der Waals surface area (Å²) in [4.78, 5) is 11.6. The summed E-state index contributed by atoms with van der Waals surface area (Å²) < 4.78 is 31.0. The fourth-order valence-electron chi connectivity index (χ4n) is 4.80. The van der Waals surface area contributed by atoms with Gasteiger partial charge in [-0.1, -0.05) is 67.2 Å². The number of allylic oxidation sites excluding steroid dienone is 4. The molecule has 3 aromatic rings. The molecule has 4 rings (SSSR count). The standard InChI is InChI=1S/C32H34FNO4/c1-5-29(33)31(37-20-32(35)36-4)17-21(2)28-18-24(38-30-16-9-8-14-27(28)30)19-34-22(3)25-15-10-12-23-11-6-7-13-26(23)25/h5-17,22,24,28,34H,2,18-20H2,1,3-4H3/b29-5+,31-17+/t22-,24-,28+/m1/s1. The maximum atomic E-state index is 14.6. The molecule has 0 saturated heterocycles. The van der Waals surface area contributed by atoms with Gasteiger partial charge in [0, 0.05) is 24.1 Å². The minimum absolute atomic E-state index is 0.0499. The van der Waals surface area contributed by atoms with Crippen LogP contribution in [0.4, 0.5) is 4.39 Å². The van der Waals surface area contributed by atoms with Crippen molar-refractivity contribution in [1.82, 2.24) is 5.32 Å². The minimum Gasteiger partial charge on any atom is -0.489 e. The van der Waals surface area contributed by atoms with E-state index in [0.29, 0.717) is 18.5 Å². The van der Waals surface area contributed by atoms with Gasteiger partial charge in [0.25, 0.3) is 0 Å². The number of carbonyl (C=O) groups excluding carboxylic acids is 1. The van der Waals surface area contributed by atoms with Crippen molar-refractivity contribution >= 4 is 16.7 Å². The second-order valence-electron chi connectivity index (χ2n) is 9.35. The number of hydrogen-bond donors (Lipinski definition) is 1. The van der Waals surface area contributed by atoms with E-state index in [1.165, 1.54) is 29.5 Å². The molecule has 5 nitrogen and oxygen atoms in total. The number of ether oxygens (including phenoxy) is 3. The van der Waals surface area contributed by atoms with Crippen LogP contribution in [-0.4, -0.2) is 32.3 Å². The van der Waals surface area contributed by atoms with Crippen molar-refractivity contribution in [2.45, 2.75) is 38.3 Å². The Hall–Kier alpha value is -3.90. The monoisotopic (exact) mass is 515 g/mol. The van der Waals surface area contributed by atoms with E-state index >= 15 is 0 Å². The molecule has 0 fully saturated rings. The first-order chi connectivity index (χ1) is 18.4. The van der Waals surface area contributed by atoms with Crippen LogP contribution in [0.1, 0.15) is 43.4 Å². The smallest absolute Gasteiger partial charge is 0.343 e. The maximum absolute atomic E-state index is 14.6. The molecule has 198 valence electrons. The lowest BCUT2D eigenvalue weighted by Gasteiger charge is -2.33. The Bertz CT molecular complexity index is 1360. The van der Waals surface area contributed by atoms with Crippen LogP contribution in [0.15, 0.2) is 103 Å². The molecule has 0 radical (unpaired) electrons. The van der Waals surface area contributed by atoms with Gasteiger partial charge in [-0.3, -0.25) is 0 Å². The zero-order valence-electron chi connectivity index (χ0n) is 22.1. The van der Waals surface area contributed by atoms with Crippen molar-refractivity contribution in [2.24, 2.45) is 0 Å². The van der Waals surface area contributed by atoms with Crippen molar-refractivity contribution in [1.29, 1.82) is 0 Å². The number of fused-ring (bicyclic) bond motifs is 2. The molecular formula is C32H34FNO4. The topological polar surface area (TPSA) is 56.8 Å². The van der Waals surface area contributed by atoms with Crippen molar-refractivity contribution in [3.8, 4) is 5.75 Å². The molecule has 0 saturated carbocycles. The molecule has 3 atom stereocenters. The number of halogens is 1. The third kappa shape index (κ3) is 6.32. The minimum atomic E-state index is -0.590. The van der Waals surface area contributed by atoms with Gasteiger partial charge in [-0.05, 0) is 60.4 Å². The van der Waals surface area contributed by atoms with E-state index in [1.54, 1.807) is 13.0 Å². The molecular weight excluding hydrogens is 481 g/mol. The molecule has 1 N–H and O–H groups in total. The zero-order valence-corrected chi connectivity index (χ0v) is 22.1. The summed E-state index contributed by atoms with van der Waals surface area (Å²) in [7, 11) is 1.26. The summed E-state index contributed by atoms with van der Waals surface area (Å²) in [6, 6.07) is 22.7. The number of rotatable bonds is 10. The number of para-hydroxylation sites is 1. The van der Waals surface area contributed by atoms with Gasteiger partial charge >= 0.3 is 5.97 Å². The molecule has 0 aliphatic carbocycles. The number of esters is 1. The van der Waals surface area contributed by atoms with Crippen LogP contribution >= 0.6 is 0 Å². The zero-order chi connectivity index (χ0) is 27.1. The summed E-state index contributed by atoms with van der Waals surface area (Å²) >= 11 is 0. The summed E-state index contributed by atoms with van der Waals surface area (Å²) in [6.07, 6.45) is 3.39. The van der Waals surface area contributed by atoms with Crippen molar-refractivity contribution in [3.63, 3.8) is 0 Å². The van der Waals surface area contributed by atoms with Gasteiger partial charge in [0.05, 0.1) is 7.11 Å². The van der Waals surface area contributed by atoms with Crippen LogP contribution < -0.4 is 10.1 Å². The first-order valence-electron chi connectivity index (χ1n) is 12.8. The normalized spacial score (nSPS) is 18.3. The highest BCUT2D eigenvalue weighted by Gasteiger charge is 2.30. The van der Waals surface area contributed by atoms with Gasteiger partial charge in [-0.25, -0.2) is 9.18 Å². The summed E-state index contributed by atoms with van der Waals surface area (Å²) in [5.74, 6) is -0.538. The number of nitrogens with one attached hydrogen (secondary N) is 1. The Labute approximate surface area is 223 Å². The highest BCUT2D eigenvalue weighted by molar-refractivity contribution is 5.86. The van der Waals surface area contributed by atoms with E-state index in [9.17, 15) is 9.18 Å². The SMILES string of the molecule is C=C(/C=C(OCC(=O)OC)\C(F)=C/C)[C@@H]1C[C@H](CN[C@H](C)c2cccc3ccccc23)Oc2ccccc21. The Morgan fingerprint density at radius 2 is 1.89 bits per heavy atom. The average molecular weight is 516 g/mol. The van der Waals surface area contributed by atoms with E-state index in [-0.39, 0.29) is 30.4 Å². The summed E-state index contributed by atoms with van der Waals surface area (Å²) in [5, 5.41) is 6.08. The van der Waals surface area contributed by atoms with Crippen LogP contribution in [0.2, 0.25) is 0 Å². The van der Waals surface area contributed by atoms with Crippen LogP contribution in [0.3, 0.4) is 0 Å². The first kappa shape index (κ1) is 27.1. The quantitative estimate of drug-likeness (QED) is 0.180. The van der Waals surface area contributed by atoms with E-state index in [2.05, 4.69) is 60.0 Å². The Morgan fingerprint density at radius 3 is 2.68 bits per heavy atom. The van der Waals surface area contributed by atoms with Gasteiger partial charge in [-0.2, -0.15) is 0 Å². The molecule has 0 unspecified atom stereocenters. The molecule has 1 aliphatic rings. The lowest BCUT2D eigenvalue weighted by atomic mass is 9.84. The third-order valence-corrected chi connectivity index (χ3v) is 6.85. The summed E-state index contributed by atoms with van der Waals surface area (Å²) in [5.41, 5.74) is 2.89. The predicted octanol–water partition coefficient (Wildman–Crippen LogP) is 6.93. The predicted molar refractivity (Wildman–Crippen MR) is 149 cm³/mol. The number of carbonyl (C=O) groups is 1. The Kier molecular flexibility index (Phi) is 8.98. The molecule has 1 aliphatic heterocycles. The Balaban J connectivity index is 1.52. The second kappa shape index (κ2) is 12.6. The summed E-state index contributed by atoms with van der Waals surface area (Å²) in [6.45, 7) is 8.21. The molecule has 38 heavy (non-hydrogen) atoms. The lowest BCUT2D eigenvalue weighted by Crippen LogP contribution is -2.37. The fourth-order valence-corrected chi connectivity index (χ4v) is 4.80. The molecule has 6 heteroatoms. The number of hydrogen-bond acceptors (Lipinski definition) is 5. The van der Waals surface area contributed by atoms with Crippen LogP contribution in [0.25, 0.3) is 10.8 Å². The van der Waals surface area contributed by atoms with Crippen molar-refractivity contribution < 1.29 is 23.4 Å². The fraction of sp³-hybridized carbons (Fsp3) is 0.281. The Morgan fingerprint density at radius 1 is 1.16 bits per heavy atom. The van der Waals surface area contributed by atoms with Gasteiger partial charge in [-0.15, -0.1) is 0 Å². The molecule has 1 heterocycles. The lowest BCUT2D eigenvalue weighted by molar-refractivity contribution is -0.144. The van der Waals surface area contributed by atoms with E-state index in [0.717, 1.165) is 11.3 Å². The average Bonchev–Trinajstić information content (AvgIpc) is 2.96. The first-order valence-corrected chi connectivity index (χ1v) is 12.8. The van der Waals surface area contributed by atoms with Crippen molar-refractivity contribution in [2.75, 3.05) is 20.3 Å². The molecule has 0 bridgehead atoms. The number of benzene rings is 3. The largest absolute Gasteiger partial charge is 0.489 e. The van der Waals surface area contributed by atoms with Gasteiger partial charge < -0.3 is 19.5 Å². The van der Waals surface area contributed by atoms with Crippen LogP contribution in [0, 0.1) is 0 Å². The number of methoxy groups -OCH3 is 1. The molecule has 0 aromatic heterocycles. The second-order valence-corrected chi connectivity index (χ2v) is 9.35. The molecule has 0 amide bonds. The van der Waals surface area contributed by atoms with Crippen molar-refractivity contribution in [3.05, 3.63) is 114 Å². The van der Waals surface area contributed by atoms with Gasteiger partial charge in [0.2, 0.25) is 0 Å². The van der Waals surface area contributed by atoms with Crippen LogP contribution in [-0.2, 0) is 14.3 Å². The van der Waals surface area contributed by atoms with Gasteiger partial charge in [0.15, 0.2) is 18.2 Å². The van der Waals surface area contributed by atoms with Crippen LogP contribution in [0.5, 0.6) is 5.75 Å². The van der Waals surface area contributed by atoms with E-state index in [4.69, 9.17) is 9.47 Å². The molecule has 0 spiro atoms. The molecule has 3 aromatic carbocycles. The van der Waals surface area contributed by atoms with E-state index in [1.807, 2.05) is 30.3 Å². The third-order valence-electron chi connectivity index (χ3n) is 6.85. The highest BCUT2D eigenvalue weighted by Crippen LogP contribution is 2.41. The van der Waals surface area contributed by atoms with Gasteiger partial charge in [0.1, 0.15) is 11.9 Å². The maximum Gasteiger partial charge on any atom is 0.343 e. The van der Waals surface area contributed by atoms with E-state index < -0.39 is 11.8 Å². The highest BCUT2D eigenvalue weighted by atomic mass is 19.1.